The zero-order valence-corrected chi connectivity index (χ0v) is 10.00. The number of nitrogens with zero attached hydrogens (tertiary/aromatic N) is 1. The molecule has 1 aliphatic rings. The summed E-state index contributed by atoms with van der Waals surface area (Å²) in [7, 11) is 1.95. The smallest absolute Gasteiger partial charge is 0.315 e. The Kier molecular flexibility index (Phi) is 3.28. The largest absolute Gasteiger partial charge is 0.481 e. The lowest BCUT2D eigenvalue weighted by Crippen LogP contribution is -2.55. The van der Waals surface area contributed by atoms with Crippen LogP contribution in [0.3, 0.4) is 0 Å². The number of carbonyl (C=O) groups is 1. The highest BCUT2D eigenvalue weighted by Gasteiger charge is 2.46. The van der Waals surface area contributed by atoms with Gasteiger partial charge in [0.2, 0.25) is 0 Å². The van der Waals surface area contributed by atoms with Gasteiger partial charge in [0.1, 0.15) is 5.41 Å². The predicted octanol–water partition coefficient (Wildman–Crippen LogP) is 1.28. The topological polar surface area (TPSA) is 49.8 Å². The van der Waals surface area contributed by atoms with Gasteiger partial charge in [-0.2, -0.15) is 0 Å². The number of hydrogen-bond acceptors (Lipinski definition) is 4. The van der Waals surface area contributed by atoms with Gasteiger partial charge in [-0.25, -0.2) is 0 Å². The molecule has 5 heteroatoms. The van der Waals surface area contributed by atoms with Crippen molar-refractivity contribution in [1.82, 2.24) is 4.90 Å². The number of rotatable bonds is 5. The molecule has 1 N–H and O–H groups in total. The van der Waals surface area contributed by atoms with E-state index in [0.29, 0.717) is 19.8 Å². The van der Waals surface area contributed by atoms with Crippen molar-refractivity contribution in [2.75, 3.05) is 26.8 Å². The van der Waals surface area contributed by atoms with E-state index in [-0.39, 0.29) is 0 Å². The lowest BCUT2D eigenvalue weighted by molar-refractivity contribution is -0.183. The van der Waals surface area contributed by atoms with E-state index in [1.807, 2.05) is 23.4 Å². The Balaban J connectivity index is 1.91. The molecule has 1 aromatic heterocycles. The van der Waals surface area contributed by atoms with Crippen LogP contribution in [0.4, 0.5) is 0 Å². The summed E-state index contributed by atoms with van der Waals surface area (Å²) in [6.07, 6.45) is 0. The maximum atomic E-state index is 11.1. The summed E-state index contributed by atoms with van der Waals surface area (Å²) in [5, 5.41) is 11.2. The Labute approximate surface area is 98.4 Å². The van der Waals surface area contributed by atoms with E-state index in [9.17, 15) is 4.79 Å². The van der Waals surface area contributed by atoms with Crippen LogP contribution >= 0.6 is 11.3 Å². The fourth-order valence-corrected chi connectivity index (χ4v) is 2.66. The molecule has 1 aliphatic heterocycles. The second-order valence-electron chi connectivity index (χ2n) is 4.33. The van der Waals surface area contributed by atoms with Crippen LogP contribution in [0, 0.1) is 5.41 Å². The number of ether oxygens (including phenoxy) is 1. The minimum absolute atomic E-state index is 0.330. The third kappa shape index (κ3) is 2.26. The fourth-order valence-electron chi connectivity index (χ4n) is 1.87. The Morgan fingerprint density at radius 2 is 2.44 bits per heavy atom. The highest BCUT2D eigenvalue weighted by Crippen LogP contribution is 2.29. The zero-order chi connectivity index (χ0) is 11.6. The molecule has 0 aromatic carbocycles. The summed E-state index contributed by atoms with van der Waals surface area (Å²) >= 11 is 1.69. The van der Waals surface area contributed by atoms with Gasteiger partial charge >= 0.3 is 5.97 Å². The van der Waals surface area contributed by atoms with E-state index in [1.54, 1.807) is 11.3 Å². The van der Waals surface area contributed by atoms with Crippen molar-refractivity contribution < 1.29 is 14.6 Å². The van der Waals surface area contributed by atoms with Crippen molar-refractivity contribution in [1.29, 1.82) is 0 Å². The average molecular weight is 241 g/mol. The first-order chi connectivity index (χ1) is 7.62. The molecular formula is C11H15NO3S. The van der Waals surface area contributed by atoms with Crippen LogP contribution in [0.15, 0.2) is 17.5 Å². The third-order valence-electron chi connectivity index (χ3n) is 2.79. The lowest BCUT2D eigenvalue weighted by Gasteiger charge is -2.39. The van der Waals surface area contributed by atoms with E-state index < -0.39 is 11.4 Å². The SMILES string of the molecule is CN(Cc1cccs1)CC1(C(=O)O)COC1. The van der Waals surface area contributed by atoms with Crippen molar-refractivity contribution in [2.24, 2.45) is 5.41 Å². The summed E-state index contributed by atoms with van der Waals surface area (Å²) < 4.78 is 5.03. The molecule has 0 spiro atoms. The minimum Gasteiger partial charge on any atom is -0.481 e. The summed E-state index contributed by atoms with van der Waals surface area (Å²) in [6.45, 7) is 2.00. The van der Waals surface area contributed by atoms with Crippen molar-refractivity contribution in [3.05, 3.63) is 22.4 Å². The van der Waals surface area contributed by atoms with Crippen LogP contribution in [-0.2, 0) is 16.1 Å². The van der Waals surface area contributed by atoms with Crippen LogP contribution in [0.5, 0.6) is 0 Å². The monoisotopic (exact) mass is 241 g/mol. The molecule has 1 aromatic rings. The summed E-state index contributed by atoms with van der Waals surface area (Å²) in [5.41, 5.74) is -0.688. The number of aliphatic carboxylic acids is 1. The molecule has 16 heavy (non-hydrogen) atoms. The van der Waals surface area contributed by atoms with Gasteiger partial charge in [0.25, 0.3) is 0 Å². The highest BCUT2D eigenvalue weighted by molar-refractivity contribution is 7.09. The average Bonchev–Trinajstić information content (AvgIpc) is 2.63. The molecule has 0 amide bonds. The van der Waals surface area contributed by atoms with Gasteiger partial charge in [-0.1, -0.05) is 6.07 Å². The van der Waals surface area contributed by atoms with Crippen LogP contribution in [-0.4, -0.2) is 42.8 Å². The van der Waals surface area contributed by atoms with Crippen molar-refractivity contribution in [3.8, 4) is 0 Å². The highest BCUT2D eigenvalue weighted by atomic mass is 32.1. The first-order valence-corrected chi connectivity index (χ1v) is 6.02. The number of thiophene rings is 1. The number of carboxylic acid groups (broad SMARTS) is 1. The summed E-state index contributed by atoms with van der Waals surface area (Å²) in [6, 6.07) is 4.07. The number of carboxylic acids is 1. The van der Waals surface area contributed by atoms with Crippen molar-refractivity contribution in [3.63, 3.8) is 0 Å². The van der Waals surface area contributed by atoms with E-state index in [0.717, 1.165) is 6.54 Å². The molecule has 4 nitrogen and oxygen atoms in total. The maximum absolute atomic E-state index is 11.1. The van der Waals surface area contributed by atoms with Crippen LogP contribution in [0.1, 0.15) is 4.88 Å². The standard InChI is InChI=1S/C11H15NO3S/c1-12(5-9-3-2-4-16-9)6-11(10(13)14)7-15-8-11/h2-4H,5-8H2,1H3,(H,13,14). The molecule has 1 fully saturated rings. The molecule has 0 aliphatic carbocycles. The summed E-state index contributed by atoms with van der Waals surface area (Å²) in [5.74, 6) is -0.753. The summed E-state index contributed by atoms with van der Waals surface area (Å²) in [4.78, 5) is 14.4. The molecule has 2 rings (SSSR count). The number of hydrogen-bond donors (Lipinski definition) is 1. The third-order valence-corrected chi connectivity index (χ3v) is 3.65. The van der Waals surface area contributed by atoms with Crippen molar-refractivity contribution in [2.45, 2.75) is 6.54 Å². The molecule has 0 radical (unpaired) electrons. The first-order valence-electron chi connectivity index (χ1n) is 5.14. The van der Waals surface area contributed by atoms with Crippen LogP contribution < -0.4 is 0 Å². The van der Waals surface area contributed by atoms with Gasteiger partial charge in [-0.05, 0) is 18.5 Å². The second kappa shape index (κ2) is 4.53. The van der Waals surface area contributed by atoms with Crippen LogP contribution in [0.25, 0.3) is 0 Å². The van der Waals surface area contributed by atoms with Gasteiger partial charge in [-0.3, -0.25) is 9.69 Å². The molecule has 1 saturated heterocycles. The van der Waals surface area contributed by atoms with Gasteiger partial charge in [0, 0.05) is 18.0 Å². The Hall–Kier alpha value is -0.910. The molecule has 0 bridgehead atoms. The lowest BCUT2D eigenvalue weighted by atomic mass is 9.85. The normalized spacial score (nSPS) is 18.4. The Morgan fingerprint density at radius 3 is 2.88 bits per heavy atom. The Morgan fingerprint density at radius 1 is 1.69 bits per heavy atom. The molecule has 0 saturated carbocycles. The van der Waals surface area contributed by atoms with E-state index >= 15 is 0 Å². The quantitative estimate of drug-likeness (QED) is 0.843. The maximum Gasteiger partial charge on any atom is 0.315 e. The van der Waals surface area contributed by atoms with Gasteiger partial charge in [0.15, 0.2) is 0 Å². The van der Waals surface area contributed by atoms with Gasteiger partial charge in [-0.15, -0.1) is 11.3 Å². The van der Waals surface area contributed by atoms with Gasteiger partial charge in [0.05, 0.1) is 13.2 Å². The molecular weight excluding hydrogens is 226 g/mol. The van der Waals surface area contributed by atoms with Crippen LogP contribution in [0.2, 0.25) is 0 Å². The molecule has 0 atom stereocenters. The second-order valence-corrected chi connectivity index (χ2v) is 5.36. The predicted molar refractivity (Wildman–Crippen MR) is 61.5 cm³/mol. The minimum atomic E-state index is -0.753. The first kappa shape index (κ1) is 11.6. The van der Waals surface area contributed by atoms with Gasteiger partial charge < -0.3 is 9.84 Å². The fraction of sp³-hybridized carbons (Fsp3) is 0.545. The van der Waals surface area contributed by atoms with E-state index in [1.165, 1.54) is 4.88 Å². The Bertz CT molecular complexity index is 359. The van der Waals surface area contributed by atoms with E-state index in [4.69, 9.17) is 9.84 Å². The van der Waals surface area contributed by atoms with Crippen molar-refractivity contribution >= 4 is 17.3 Å². The zero-order valence-electron chi connectivity index (χ0n) is 9.18. The van der Waals surface area contributed by atoms with E-state index in [2.05, 4.69) is 6.07 Å². The molecule has 2 heterocycles. The molecule has 0 unspecified atom stereocenters. The molecule has 88 valence electrons.